The molecule has 0 aromatic rings. The van der Waals surface area contributed by atoms with E-state index in [0.717, 1.165) is 25.9 Å². The van der Waals surface area contributed by atoms with E-state index >= 15 is 0 Å². The van der Waals surface area contributed by atoms with Crippen LogP contribution in [0.1, 0.15) is 19.8 Å². The predicted octanol–water partition coefficient (Wildman–Crippen LogP) is 0.948. The highest BCUT2D eigenvalue weighted by Gasteiger charge is 2.20. The van der Waals surface area contributed by atoms with Crippen LogP contribution in [-0.2, 0) is 4.79 Å². The topological polar surface area (TPSA) is 32.3 Å². The van der Waals surface area contributed by atoms with Crippen molar-refractivity contribution in [3.63, 3.8) is 0 Å². The van der Waals surface area contributed by atoms with Gasteiger partial charge in [0.15, 0.2) is 0 Å². The van der Waals surface area contributed by atoms with Gasteiger partial charge in [0.25, 0.3) is 0 Å². The van der Waals surface area contributed by atoms with E-state index in [4.69, 9.17) is 0 Å². The molecule has 0 spiro atoms. The summed E-state index contributed by atoms with van der Waals surface area (Å²) < 4.78 is 0. The number of nitrogens with one attached hydrogen (secondary N) is 1. The minimum absolute atomic E-state index is 0.0784. The molecule has 1 unspecified atom stereocenters. The van der Waals surface area contributed by atoms with Crippen molar-refractivity contribution in [3.05, 3.63) is 0 Å². The highest BCUT2D eigenvalue weighted by molar-refractivity contribution is 7.99. The highest BCUT2D eigenvalue weighted by atomic mass is 32.2. The molecule has 1 rings (SSSR count). The van der Waals surface area contributed by atoms with Crippen LogP contribution in [0.5, 0.6) is 0 Å². The maximum atomic E-state index is 11.6. The fourth-order valence-corrected chi connectivity index (χ4v) is 1.86. The summed E-state index contributed by atoms with van der Waals surface area (Å²) >= 11 is 1.60. The Morgan fingerprint density at radius 3 is 2.57 bits per heavy atom. The van der Waals surface area contributed by atoms with Crippen LogP contribution in [0.2, 0.25) is 0 Å². The van der Waals surface area contributed by atoms with Gasteiger partial charge in [-0.25, -0.2) is 0 Å². The van der Waals surface area contributed by atoms with Crippen molar-refractivity contribution in [2.45, 2.75) is 31.1 Å². The van der Waals surface area contributed by atoms with Gasteiger partial charge in [0.2, 0.25) is 5.91 Å². The van der Waals surface area contributed by atoms with Crippen molar-refractivity contribution in [1.29, 1.82) is 0 Å². The third-order valence-corrected chi connectivity index (χ3v) is 3.71. The SMILES string of the molecule is CSC(C)C(=O)NC1CCN(C)CC1. The average Bonchev–Trinajstić information content (AvgIpc) is 2.20. The zero-order valence-corrected chi connectivity index (χ0v) is 10.1. The third kappa shape index (κ3) is 3.50. The highest BCUT2D eigenvalue weighted by Crippen LogP contribution is 2.10. The molecule has 0 aromatic heterocycles. The van der Waals surface area contributed by atoms with E-state index < -0.39 is 0 Å². The lowest BCUT2D eigenvalue weighted by Crippen LogP contribution is -2.45. The minimum atomic E-state index is 0.0784. The molecule has 0 aromatic carbocycles. The molecule has 0 bridgehead atoms. The van der Waals surface area contributed by atoms with Gasteiger partial charge in [0, 0.05) is 6.04 Å². The molecule has 1 saturated heterocycles. The number of hydrogen-bond donors (Lipinski definition) is 1. The van der Waals surface area contributed by atoms with E-state index in [9.17, 15) is 4.79 Å². The van der Waals surface area contributed by atoms with Gasteiger partial charge in [0.05, 0.1) is 5.25 Å². The number of carbonyl (C=O) groups excluding carboxylic acids is 1. The molecule has 1 aliphatic heterocycles. The van der Waals surface area contributed by atoms with E-state index in [1.54, 1.807) is 11.8 Å². The molecule has 1 N–H and O–H groups in total. The van der Waals surface area contributed by atoms with E-state index in [0.29, 0.717) is 6.04 Å². The Hall–Kier alpha value is -0.220. The normalized spacial score (nSPS) is 21.9. The first-order chi connectivity index (χ1) is 6.63. The summed E-state index contributed by atoms with van der Waals surface area (Å²) in [6, 6.07) is 0.397. The molecule has 0 saturated carbocycles. The van der Waals surface area contributed by atoms with E-state index in [2.05, 4.69) is 17.3 Å². The van der Waals surface area contributed by atoms with E-state index in [1.807, 2.05) is 13.2 Å². The molecule has 1 fully saturated rings. The molecular weight excluding hydrogens is 196 g/mol. The number of hydrogen-bond acceptors (Lipinski definition) is 3. The Kier molecular flexibility index (Phi) is 4.75. The van der Waals surface area contributed by atoms with Crippen molar-refractivity contribution >= 4 is 17.7 Å². The largest absolute Gasteiger partial charge is 0.352 e. The zero-order valence-electron chi connectivity index (χ0n) is 9.25. The molecule has 1 heterocycles. The van der Waals surface area contributed by atoms with Crippen molar-refractivity contribution in [3.8, 4) is 0 Å². The lowest BCUT2D eigenvalue weighted by Gasteiger charge is -2.30. The van der Waals surface area contributed by atoms with Crippen molar-refractivity contribution < 1.29 is 4.79 Å². The fourth-order valence-electron chi connectivity index (χ4n) is 1.58. The number of amides is 1. The van der Waals surface area contributed by atoms with Gasteiger partial charge in [-0.1, -0.05) is 0 Å². The summed E-state index contributed by atoms with van der Waals surface area (Å²) in [5.41, 5.74) is 0. The monoisotopic (exact) mass is 216 g/mol. The van der Waals surface area contributed by atoms with Crippen LogP contribution < -0.4 is 5.32 Å². The number of likely N-dealkylation sites (tertiary alicyclic amines) is 1. The molecule has 82 valence electrons. The van der Waals surface area contributed by atoms with E-state index in [-0.39, 0.29) is 11.2 Å². The third-order valence-electron chi connectivity index (χ3n) is 2.79. The van der Waals surface area contributed by atoms with Gasteiger partial charge in [0.1, 0.15) is 0 Å². The van der Waals surface area contributed by atoms with Crippen LogP contribution in [0, 0.1) is 0 Å². The van der Waals surface area contributed by atoms with Crippen LogP contribution in [0.25, 0.3) is 0 Å². The van der Waals surface area contributed by atoms with Crippen LogP contribution in [0.4, 0.5) is 0 Å². The molecule has 1 atom stereocenters. The Balaban J connectivity index is 2.27. The molecule has 1 aliphatic rings. The van der Waals surface area contributed by atoms with Crippen LogP contribution >= 0.6 is 11.8 Å². The second kappa shape index (κ2) is 5.61. The maximum absolute atomic E-state index is 11.6. The lowest BCUT2D eigenvalue weighted by atomic mass is 10.1. The molecule has 0 aliphatic carbocycles. The van der Waals surface area contributed by atoms with Gasteiger partial charge < -0.3 is 10.2 Å². The predicted molar refractivity (Wildman–Crippen MR) is 61.6 cm³/mol. The number of thioether (sulfide) groups is 1. The number of nitrogens with zero attached hydrogens (tertiary/aromatic N) is 1. The smallest absolute Gasteiger partial charge is 0.233 e. The average molecular weight is 216 g/mol. The Morgan fingerprint density at radius 1 is 1.50 bits per heavy atom. The Labute approximate surface area is 90.6 Å². The van der Waals surface area contributed by atoms with Crippen molar-refractivity contribution in [1.82, 2.24) is 10.2 Å². The maximum Gasteiger partial charge on any atom is 0.233 e. The minimum Gasteiger partial charge on any atom is -0.352 e. The Bertz CT molecular complexity index is 191. The fraction of sp³-hybridized carbons (Fsp3) is 0.900. The van der Waals surface area contributed by atoms with Crippen molar-refractivity contribution in [2.24, 2.45) is 0 Å². The summed E-state index contributed by atoms with van der Waals surface area (Å²) in [7, 11) is 2.13. The summed E-state index contributed by atoms with van der Waals surface area (Å²) in [5.74, 6) is 0.187. The van der Waals surface area contributed by atoms with Gasteiger partial charge in [-0.05, 0) is 46.2 Å². The molecule has 3 nitrogen and oxygen atoms in total. The summed E-state index contributed by atoms with van der Waals surface area (Å²) in [6.45, 7) is 4.14. The quantitative estimate of drug-likeness (QED) is 0.762. The number of carbonyl (C=O) groups is 1. The van der Waals surface area contributed by atoms with E-state index in [1.165, 1.54) is 0 Å². The lowest BCUT2D eigenvalue weighted by molar-refractivity contribution is -0.121. The summed E-state index contributed by atoms with van der Waals surface area (Å²) in [4.78, 5) is 13.9. The Morgan fingerprint density at radius 2 is 2.07 bits per heavy atom. The van der Waals surface area contributed by atoms with Gasteiger partial charge >= 0.3 is 0 Å². The molecular formula is C10H20N2OS. The summed E-state index contributed by atoms with van der Waals surface area (Å²) in [6.07, 6.45) is 4.14. The first-order valence-corrected chi connectivity index (χ1v) is 6.44. The second-order valence-corrected chi connectivity index (χ2v) is 5.14. The standard InChI is InChI=1S/C10H20N2OS/c1-8(14-3)10(13)11-9-4-6-12(2)7-5-9/h8-9H,4-7H2,1-3H3,(H,11,13). The van der Waals surface area contributed by atoms with Gasteiger partial charge in [-0.15, -0.1) is 0 Å². The summed E-state index contributed by atoms with van der Waals surface area (Å²) in [5, 5.41) is 3.18. The first kappa shape index (κ1) is 11.9. The molecule has 14 heavy (non-hydrogen) atoms. The van der Waals surface area contributed by atoms with Crippen molar-refractivity contribution in [2.75, 3.05) is 26.4 Å². The number of piperidine rings is 1. The van der Waals surface area contributed by atoms with Gasteiger partial charge in [-0.2, -0.15) is 11.8 Å². The second-order valence-electron chi connectivity index (χ2n) is 3.96. The number of rotatable bonds is 3. The molecule has 4 heteroatoms. The van der Waals surface area contributed by atoms with Crippen LogP contribution in [0.15, 0.2) is 0 Å². The van der Waals surface area contributed by atoms with Gasteiger partial charge in [-0.3, -0.25) is 4.79 Å². The van der Waals surface area contributed by atoms with Crippen LogP contribution in [0.3, 0.4) is 0 Å². The molecule has 1 amide bonds. The first-order valence-electron chi connectivity index (χ1n) is 5.15. The van der Waals surface area contributed by atoms with Crippen LogP contribution in [-0.4, -0.2) is 48.5 Å². The molecule has 0 radical (unpaired) electrons. The zero-order chi connectivity index (χ0) is 10.6.